The molecular formula is C11H9NO. The van der Waals surface area contributed by atoms with Gasteiger partial charge >= 0.3 is 0 Å². The molecule has 1 heterocycles. The fraction of sp³-hybridized carbons (Fsp3) is 0. The Bertz CT molecular complexity index is 437. The second-order valence-corrected chi connectivity index (χ2v) is 2.64. The highest BCUT2D eigenvalue weighted by molar-refractivity contribution is 5.79. The van der Waals surface area contributed by atoms with Crippen LogP contribution in [0.1, 0.15) is 0 Å². The average molecular weight is 171 g/mol. The summed E-state index contributed by atoms with van der Waals surface area (Å²) in [6.07, 6.45) is 3.17. The van der Waals surface area contributed by atoms with Crippen molar-refractivity contribution in [2.75, 3.05) is 0 Å². The third kappa shape index (κ3) is 1.51. The molecule has 0 spiro atoms. The minimum Gasteiger partial charge on any atom is -0.466 e. The summed E-state index contributed by atoms with van der Waals surface area (Å²) in [4.78, 5) is 4.21. The van der Waals surface area contributed by atoms with Crippen LogP contribution in [0.4, 0.5) is 0 Å². The van der Waals surface area contributed by atoms with Crippen LogP contribution in [-0.4, -0.2) is 4.98 Å². The Kier molecular flexibility index (Phi) is 1.96. The molecule has 0 saturated carbocycles. The van der Waals surface area contributed by atoms with E-state index < -0.39 is 0 Å². The van der Waals surface area contributed by atoms with Gasteiger partial charge in [-0.05, 0) is 18.2 Å². The fourth-order valence-electron chi connectivity index (χ4n) is 1.22. The molecule has 0 fully saturated rings. The van der Waals surface area contributed by atoms with Crippen LogP contribution in [0.15, 0.2) is 49.4 Å². The molecule has 0 unspecified atom stereocenters. The summed E-state index contributed by atoms with van der Waals surface area (Å²) in [5.74, 6) is 0.765. The SMILES string of the molecule is C=COc1ccc2cccnc2c1. The summed E-state index contributed by atoms with van der Waals surface area (Å²) >= 11 is 0. The molecular weight excluding hydrogens is 162 g/mol. The molecule has 2 nitrogen and oxygen atoms in total. The van der Waals surface area contributed by atoms with E-state index in [0.29, 0.717) is 0 Å². The molecule has 64 valence electrons. The summed E-state index contributed by atoms with van der Waals surface area (Å²) in [6, 6.07) is 9.68. The number of hydrogen-bond acceptors (Lipinski definition) is 2. The first-order valence-corrected chi connectivity index (χ1v) is 4.02. The van der Waals surface area contributed by atoms with Crippen molar-refractivity contribution in [3.05, 3.63) is 49.4 Å². The van der Waals surface area contributed by atoms with E-state index in [4.69, 9.17) is 4.74 Å². The van der Waals surface area contributed by atoms with Crippen molar-refractivity contribution in [1.82, 2.24) is 4.98 Å². The van der Waals surface area contributed by atoms with E-state index in [0.717, 1.165) is 16.7 Å². The van der Waals surface area contributed by atoms with Crippen molar-refractivity contribution < 1.29 is 4.74 Å². The van der Waals surface area contributed by atoms with Gasteiger partial charge in [-0.25, -0.2) is 0 Å². The maximum absolute atomic E-state index is 5.14. The Morgan fingerprint density at radius 2 is 2.23 bits per heavy atom. The van der Waals surface area contributed by atoms with E-state index >= 15 is 0 Å². The van der Waals surface area contributed by atoms with Crippen molar-refractivity contribution in [3.63, 3.8) is 0 Å². The lowest BCUT2D eigenvalue weighted by molar-refractivity contribution is 0.484. The third-order valence-electron chi connectivity index (χ3n) is 1.80. The predicted molar refractivity (Wildman–Crippen MR) is 52.6 cm³/mol. The molecule has 2 heteroatoms. The van der Waals surface area contributed by atoms with Crippen molar-refractivity contribution in [3.8, 4) is 5.75 Å². The second kappa shape index (κ2) is 3.27. The summed E-state index contributed by atoms with van der Waals surface area (Å²) in [7, 11) is 0. The molecule has 2 rings (SSSR count). The number of fused-ring (bicyclic) bond motifs is 1. The quantitative estimate of drug-likeness (QED) is 0.648. The minimum absolute atomic E-state index is 0.765. The van der Waals surface area contributed by atoms with Gasteiger partial charge in [0.25, 0.3) is 0 Å². The van der Waals surface area contributed by atoms with E-state index in [9.17, 15) is 0 Å². The van der Waals surface area contributed by atoms with E-state index in [1.807, 2.05) is 30.3 Å². The van der Waals surface area contributed by atoms with Crippen LogP contribution in [0.3, 0.4) is 0 Å². The van der Waals surface area contributed by atoms with Gasteiger partial charge in [0, 0.05) is 17.6 Å². The van der Waals surface area contributed by atoms with Crippen LogP contribution in [0.2, 0.25) is 0 Å². The van der Waals surface area contributed by atoms with Crippen molar-refractivity contribution in [2.24, 2.45) is 0 Å². The highest BCUT2D eigenvalue weighted by Gasteiger charge is 1.95. The first-order valence-electron chi connectivity index (χ1n) is 4.02. The lowest BCUT2D eigenvalue weighted by atomic mass is 10.2. The molecule has 0 aliphatic rings. The Morgan fingerprint density at radius 3 is 3.08 bits per heavy atom. The smallest absolute Gasteiger partial charge is 0.128 e. The fourth-order valence-corrected chi connectivity index (χ4v) is 1.22. The summed E-state index contributed by atoms with van der Waals surface area (Å²) < 4.78 is 5.14. The third-order valence-corrected chi connectivity index (χ3v) is 1.80. The zero-order valence-corrected chi connectivity index (χ0v) is 7.10. The Labute approximate surface area is 76.5 Å². The molecule has 13 heavy (non-hydrogen) atoms. The molecule has 0 radical (unpaired) electrons. The number of rotatable bonds is 2. The highest BCUT2D eigenvalue weighted by atomic mass is 16.5. The van der Waals surface area contributed by atoms with Crippen LogP contribution >= 0.6 is 0 Å². The molecule has 0 saturated heterocycles. The highest BCUT2D eigenvalue weighted by Crippen LogP contribution is 2.18. The molecule has 1 aromatic carbocycles. The van der Waals surface area contributed by atoms with Gasteiger partial charge in [-0.3, -0.25) is 4.98 Å². The molecule has 1 aromatic heterocycles. The normalized spacial score (nSPS) is 9.85. The topological polar surface area (TPSA) is 22.1 Å². The zero-order chi connectivity index (χ0) is 9.10. The lowest BCUT2D eigenvalue weighted by Crippen LogP contribution is -1.82. The number of benzene rings is 1. The monoisotopic (exact) mass is 171 g/mol. The maximum Gasteiger partial charge on any atom is 0.128 e. The molecule has 0 aliphatic heterocycles. The van der Waals surface area contributed by atoms with Gasteiger partial charge in [0.1, 0.15) is 5.75 Å². The van der Waals surface area contributed by atoms with Crippen LogP contribution in [0.5, 0.6) is 5.75 Å². The van der Waals surface area contributed by atoms with Crippen LogP contribution in [0.25, 0.3) is 10.9 Å². The van der Waals surface area contributed by atoms with Gasteiger partial charge < -0.3 is 4.74 Å². The standard InChI is InChI=1S/C11H9NO/c1-2-13-10-6-5-9-4-3-7-12-11(9)8-10/h2-8H,1H2. The average Bonchev–Trinajstić information content (AvgIpc) is 2.18. The number of aromatic nitrogens is 1. The van der Waals surface area contributed by atoms with Gasteiger partial charge in [0.2, 0.25) is 0 Å². The number of pyridine rings is 1. The van der Waals surface area contributed by atoms with Gasteiger partial charge in [0.05, 0.1) is 11.8 Å². The van der Waals surface area contributed by atoms with Gasteiger partial charge in [0.15, 0.2) is 0 Å². The van der Waals surface area contributed by atoms with Crippen LogP contribution in [0, 0.1) is 0 Å². The maximum atomic E-state index is 5.14. The molecule has 0 atom stereocenters. The van der Waals surface area contributed by atoms with Crippen LogP contribution < -0.4 is 4.74 Å². The zero-order valence-electron chi connectivity index (χ0n) is 7.10. The van der Waals surface area contributed by atoms with Crippen LogP contribution in [-0.2, 0) is 0 Å². The number of nitrogens with zero attached hydrogens (tertiary/aromatic N) is 1. The predicted octanol–water partition coefficient (Wildman–Crippen LogP) is 2.76. The summed E-state index contributed by atoms with van der Waals surface area (Å²) in [5.41, 5.74) is 0.932. The second-order valence-electron chi connectivity index (χ2n) is 2.64. The Balaban J connectivity index is 2.55. The van der Waals surface area contributed by atoms with E-state index in [1.54, 1.807) is 6.20 Å². The molecule has 0 aliphatic carbocycles. The number of hydrogen-bond donors (Lipinski definition) is 0. The lowest BCUT2D eigenvalue weighted by Gasteiger charge is -2.00. The van der Waals surface area contributed by atoms with Gasteiger partial charge in [-0.1, -0.05) is 12.6 Å². The molecule has 0 bridgehead atoms. The Hall–Kier alpha value is -1.83. The van der Waals surface area contributed by atoms with Crippen molar-refractivity contribution >= 4 is 10.9 Å². The van der Waals surface area contributed by atoms with Crippen molar-refractivity contribution in [1.29, 1.82) is 0 Å². The molecule has 0 N–H and O–H groups in total. The van der Waals surface area contributed by atoms with Gasteiger partial charge in [-0.2, -0.15) is 0 Å². The molecule has 2 aromatic rings. The largest absolute Gasteiger partial charge is 0.466 e. The first-order chi connectivity index (χ1) is 6.40. The minimum atomic E-state index is 0.765. The van der Waals surface area contributed by atoms with E-state index in [-0.39, 0.29) is 0 Å². The van der Waals surface area contributed by atoms with E-state index in [2.05, 4.69) is 11.6 Å². The molecule has 0 amide bonds. The summed E-state index contributed by atoms with van der Waals surface area (Å²) in [5, 5.41) is 1.11. The van der Waals surface area contributed by atoms with Gasteiger partial charge in [-0.15, -0.1) is 0 Å². The Morgan fingerprint density at radius 1 is 1.31 bits per heavy atom. The number of ether oxygens (including phenoxy) is 1. The van der Waals surface area contributed by atoms with E-state index in [1.165, 1.54) is 6.26 Å². The first kappa shape index (κ1) is 7.80. The summed E-state index contributed by atoms with van der Waals surface area (Å²) in [6.45, 7) is 3.49. The van der Waals surface area contributed by atoms with Crippen molar-refractivity contribution in [2.45, 2.75) is 0 Å².